The molecule has 0 aromatic heterocycles. The summed E-state index contributed by atoms with van der Waals surface area (Å²) < 4.78 is 15.9. The number of carbonyl (C=O) groups excluding carboxylic acids is 2. The van der Waals surface area contributed by atoms with Gasteiger partial charge in [0.2, 0.25) is 0 Å². The number of amides is 1. The van der Waals surface area contributed by atoms with Gasteiger partial charge in [-0.15, -0.1) is 0 Å². The first kappa shape index (κ1) is 20.3. The zero-order valence-corrected chi connectivity index (χ0v) is 15.9. The molecule has 1 atom stereocenters. The lowest BCUT2D eigenvalue weighted by atomic mass is 10.2. The van der Waals surface area contributed by atoms with E-state index in [0.29, 0.717) is 29.4 Å². The van der Waals surface area contributed by atoms with Crippen LogP contribution in [0, 0.1) is 0 Å². The Hall–Kier alpha value is -3.02. The van der Waals surface area contributed by atoms with Gasteiger partial charge < -0.3 is 19.5 Å². The molecular weight excluding hydrogens is 346 g/mol. The summed E-state index contributed by atoms with van der Waals surface area (Å²) in [6.07, 6.45) is 1.11. The van der Waals surface area contributed by atoms with Crippen LogP contribution in [0.25, 0.3) is 0 Å². The number of nitrogens with one attached hydrogen (secondary N) is 1. The SMILES string of the molecule is CCCCOC(=O)c1ccc(NC(=O)[C@H](C)Oc2cccc(OC)c2)cc1. The molecule has 0 aliphatic heterocycles. The van der Waals surface area contributed by atoms with Crippen molar-refractivity contribution in [3.63, 3.8) is 0 Å². The van der Waals surface area contributed by atoms with Gasteiger partial charge in [-0.1, -0.05) is 19.4 Å². The third-order valence-corrected chi connectivity index (χ3v) is 3.84. The summed E-state index contributed by atoms with van der Waals surface area (Å²) in [6.45, 7) is 4.10. The molecule has 6 nitrogen and oxygen atoms in total. The Bertz CT molecular complexity index is 757. The van der Waals surface area contributed by atoms with Gasteiger partial charge in [-0.2, -0.15) is 0 Å². The van der Waals surface area contributed by atoms with E-state index in [1.54, 1.807) is 62.6 Å². The molecule has 2 aromatic rings. The van der Waals surface area contributed by atoms with Crippen LogP contribution >= 0.6 is 0 Å². The summed E-state index contributed by atoms with van der Waals surface area (Å²) in [5.41, 5.74) is 1.02. The smallest absolute Gasteiger partial charge is 0.338 e. The quantitative estimate of drug-likeness (QED) is 0.531. The van der Waals surface area contributed by atoms with E-state index >= 15 is 0 Å². The van der Waals surface area contributed by atoms with Gasteiger partial charge >= 0.3 is 5.97 Å². The Labute approximate surface area is 159 Å². The monoisotopic (exact) mass is 371 g/mol. The highest BCUT2D eigenvalue weighted by atomic mass is 16.5. The van der Waals surface area contributed by atoms with Crippen LogP contribution in [0.3, 0.4) is 0 Å². The Balaban J connectivity index is 1.89. The second kappa shape index (κ2) is 10.2. The number of methoxy groups -OCH3 is 1. The van der Waals surface area contributed by atoms with Gasteiger partial charge in [0, 0.05) is 11.8 Å². The van der Waals surface area contributed by atoms with Crippen LogP contribution in [0.1, 0.15) is 37.0 Å². The van der Waals surface area contributed by atoms with Crippen LogP contribution in [0.5, 0.6) is 11.5 Å². The molecule has 0 saturated carbocycles. The zero-order valence-electron chi connectivity index (χ0n) is 15.9. The number of unbranched alkanes of at least 4 members (excludes halogenated alkanes) is 1. The van der Waals surface area contributed by atoms with E-state index in [0.717, 1.165) is 12.8 Å². The number of ether oxygens (including phenoxy) is 3. The van der Waals surface area contributed by atoms with Gasteiger partial charge in [-0.3, -0.25) is 4.79 Å². The fourth-order valence-electron chi connectivity index (χ4n) is 2.26. The minimum Gasteiger partial charge on any atom is -0.497 e. The molecule has 0 saturated heterocycles. The second-order valence-corrected chi connectivity index (χ2v) is 6.00. The third kappa shape index (κ3) is 6.33. The largest absolute Gasteiger partial charge is 0.497 e. The van der Waals surface area contributed by atoms with Crippen LogP contribution in [0.15, 0.2) is 48.5 Å². The van der Waals surface area contributed by atoms with Crippen molar-refractivity contribution >= 4 is 17.6 Å². The predicted octanol–water partition coefficient (Wildman–Crippen LogP) is 4.06. The number of carbonyl (C=O) groups is 2. The molecule has 2 rings (SSSR count). The van der Waals surface area contributed by atoms with Gasteiger partial charge in [0.15, 0.2) is 6.10 Å². The molecule has 0 spiro atoms. The summed E-state index contributed by atoms with van der Waals surface area (Å²) in [6, 6.07) is 13.6. The van der Waals surface area contributed by atoms with Crippen molar-refractivity contribution in [3.05, 3.63) is 54.1 Å². The minimum absolute atomic E-state index is 0.295. The maximum absolute atomic E-state index is 12.3. The van der Waals surface area contributed by atoms with Crippen molar-refractivity contribution < 1.29 is 23.8 Å². The van der Waals surface area contributed by atoms with Gasteiger partial charge in [-0.25, -0.2) is 4.79 Å². The maximum Gasteiger partial charge on any atom is 0.338 e. The van der Waals surface area contributed by atoms with E-state index in [9.17, 15) is 9.59 Å². The molecule has 27 heavy (non-hydrogen) atoms. The van der Waals surface area contributed by atoms with Crippen LogP contribution in [-0.4, -0.2) is 31.7 Å². The zero-order chi connectivity index (χ0) is 19.6. The van der Waals surface area contributed by atoms with E-state index in [1.165, 1.54) is 0 Å². The van der Waals surface area contributed by atoms with Crippen molar-refractivity contribution in [3.8, 4) is 11.5 Å². The molecule has 1 amide bonds. The molecule has 2 aromatic carbocycles. The van der Waals surface area contributed by atoms with Crippen LogP contribution < -0.4 is 14.8 Å². The van der Waals surface area contributed by atoms with Gasteiger partial charge in [0.1, 0.15) is 11.5 Å². The fraction of sp³-hybridized carbons (Fsp3) is 0.333. The molecule has 144 valence electrons. The molecule has 1 N–H and O–H groups in total. The van der Waals surface area contributed by atoms with Crippen LogP contribution in [-0.2, 0) is 9.53 Å². The molecule has 0 fully saturated rings. The lowest BCUT2D eigenvalue weighted by Crippen LogP contribution is -2.30. The van der Waals surface area contributed by atoms with Crippen molar-refractivity contribution in [2.45, 2.75) is 32.8 Å². The first-order chi connectivity index (χ1) is 13.0. The van der Waals surface area contributed by atoms with Gasteiger partial charge in [0.05, 0.1) is 19.3 Å². The van der Waals surface area contributed by atoms with Crippen molar-refractivity contribution in [1.82, 2.24) is 0 Å². The number of esters is 1. The molecule has 0 bridgehead atoms. The number of hydrogen-bond acceptors (Lipinski definition) is 5. The van der Waals surface area contributed by atoms with E-state index in [4.69, 9.17) is 14.2 Å². The van der Waals surface area contributed by atoms with Gasteiger partial charge in [0.25, 0.3) is 5.91 Å². The van der Waals surface area contributed by atoms with E-state index < -0.39 is 6.10 Å². The predicted molar refractivity (Wildman–Crippen MR) is 103 cm³/mol. The molecule has 0 radical (unpaired) electrons. The molecule has 0 aliphatic carbocycles. The number of anilines is 1. The lowest BCUT2D eigenvalue weighted by molar-refractivity contribution is -0.122. The third-order valence-electron chi connectivity index (χ3n) is 3.84. The highest BCUT2D eigenvalue weighted by Crippen LogP contribution is 2.20. The number of rotatable bonds is 9. The number of hydrogen-bond donors (Lipinski definition) is 1. The second-order valence-electron chi connectivity index (χ2n) is 6.00. The normalized spacial score (nSPS) is 11.4. The Morgan fingerprint density at radius 3 is 2.44 bits per heavy atom. The Kier molecular flexibility index (Phi) is 7.67. The summed E-state index contributed by atoms with van der Waals surface area (Å²) in [5.74, 6) is 0.538. The first-order valence-electron chi connectivity index (χ1n) is 8.92. The topological polar surface area (TPSA) is 73.9 Å². The molecular formula is C21H25NO5. The maximum atomic E-state index is 12.3. The minimum atomic E-state index is -0.698. The van der Waals surface area contributed by atoms with Crippen molar-refractivity contribution in [2.75, 3.05) is 19.0 Å². The summed E-state index contributed by atoms with van der Waals surface area (Å²) in [7, 11) is 1.57. The van der Waals surface area contributed by atoms with E-state index in [-0.39, 0.29) is 11.9 Å². The standard InChI is InChI=1S/C21H25NO5/c1-4-5-13-26-21(24)16-9-11-17(12-10-16)22-20(23)15(2)27-19-8-6-7-18(14-19)25-3/h6-12,14-15H,4-5,13H2,1-3H3,(H,22,23)/t15-/m0/s1. The lowest BCUT2D eigenvalue weighted by Gasteiger charge is -2.15. The van der Waals surface area contributed by atoms with E-state index in [1.807, 2.05) is 6.92 Å². The Morgan fingerprint density at radius 2 is 1.78 bits per heavy atom. The van der Waals surface area contributed by atoms with Crippen molar-refractivity contribution in [2.24, 2.45) is 0 Å². The molecule has 6 heteroatoms. The molecule has 0 unspecified atom stereocenters. The highest BCUT2D eigenvalue weighted by molar-refractivity contribution is 5.95. The van der Waals surface area contributed by atoms with Crippen LogP contribution in [0.2, 0.25) is 0 Å². The molecule has 0 heterocycles. The first-order valence-corrected chi connectivity index (χ1v) is 8.92. The number of benzene rings is 2. The highest BCUT2D eigenvalue weighted by Gasteiger charge is 2.15. The summed E-state index contributed by atoms with van der Waals surface area (Å²) in [5, 5.41) is 2.76. The van der Waals surface area contributed by atoms with Gasteiger partial charge in [-0.05, 0) is 49.7 Å². The van der Waals surface area contributed by atoms with Crippen molar-refractivity contribution in [1.29, 1.82) is 0 Å². The summed E-state index contributed by atoms with van der Waals surface area (Å²) >= 11 is 0. The summed E-state index contributed by atoms with van der Waals surface area (Å²) in [4.78, 5) is 24.2. The van der Waals surface area contributed by atoms with Crippen LogP contribution in [0.4, 0.5) is 5.69 Å². The average molecular weight is 371 g/mol. The fourth-order valence-corrected chi connectivity index (χ4v) is 2.26. The van der Waals surface area contributed by atoms with E-state index in [2.05, 4.69) is 5.32 Å². The molecule has 0 aliphatic rings. The average Bonchev–Trinajstić information content (AvgIpc) is 2.68. The Morgan fingerprint density at radius 1 is 1.07 bits per heavy atom.